The van der Waals surface area contributed by atoms with Gasteiger partial charge in [-0.05, 0) is 19.4 Å². The smallest absolute Gasteiger partial charge is 0.317 e. The Morgan fingerprint density at radius 1 is 1.10 bits per heavy atom. The second-order valence-corrected chi connectivity index (χ2v) is 7.99. The SMILES string of the molecule is CCOC(=O)C1C(=O)C=C(OCCSCCOC(C)=O)CC1c1ccc(C)cc1. The third-order valence-corrected chi connectivity index (χ3v) is 5.44. The number of ketones is 1. The molecule has 0 bridgehead atoms. The van der Waals surface area contributed by atoms with Crippen LogP contribution in [0.25, 0.3) is 0 Å². The van der Waals surface area contributed by atoms with E-state index in [1.54, 1.807) is 18.7 Å². The van der Waals surface area contributed by atoms with Gasteiger partial charge in [0, 0.05) is 36.8 Å². The third-order valence-electron chi connectivity index (χ3n) is 4.53. The molecule has 2 unspecified atom stereocenters. The number of ether oxygens (including phenoxy) is 3. The molecule has 0 saturated heterocycles. The summed E-state index contributed by atoms with van der Waals surface area (Å²) in [5.74, 6) is -0.215. The molecule has 1 aliphatic rings. The second kappa shape index (κ2) is 11.7. The zero-order valence-corrected chi connectivity index (χ0v) is 18.0. The van der Waals surface area contributed by atoms with E-state index in [-0.39, 0.29) is 24.3 Å². The van der Waals surface area contributed by atoms with Crippen molar-refractivity contribution in [2.75, 3.05) is 31.3 Å². The van der Waals surface area contributed by atoms with Gasteiger partial charge in [0.1, 0.15) is 18.3 Å². The number of rotatable bonds is 10. The maximum atomic E-state index is 12.7. The number of carbonyl (C=O) groups excluding carboxylic acids is 3. The highest BCUT2D eigenvalue weighted by Crippen LogP contribution is 2.37. The number of benzene rings is 1. The van der Waals surface area contributed by atoms with Crippen molar-refractivity contribution in [1.29, 1.82) is 0 Å². The van der Waals surface area contributed by atoms with Gasteiger partial charge in [-0.1, -0.05) is 29.8 Å². The van der Waals surface area contributed by atoms with Gasteiger partial charge >= 0.3 is 11.9 Å². The maximum Gasteiger partial charge on any atom is 0.317 e. The Balaban J connectivity index is 1.99. The van der Waals surface area contributed by atoms with E-state index >= 15 is 0 Å². The molecule has 1 aliphatic carbocycles. The van der Waals surface area contributed by atoms with Crippen LogP contribution in [0.1, 0.15) is 37.3 Å². The standard InChI is InChI=1S/C22H28O6S/c1-4-26-22(25)21-19(17-7-5-15(2)6-8-17)13-18(14-20(21)24)28-10-12-29-11-9-27-16(3)23/h5-8,14,19,21H,4,9-13H2,1-3H3. The number of hydrogen-bond acceptors (Lipinski definition) is 7. The van der Waals surface area contributed by atoms with E-state index in [0.29, 0.717) is 36.9 Å². The molecule has 0 N–H and O–H groups in total. The summed E-state index contributed by atoms with van der Waals surface area (Å²) < 4.78 is 15.8. The highest BCUT2D eigenvalue weighted by Gasteiger charge is 2.40. The van der Waals surface area contributed by atoms with Crippen LogP contribution in [0.5, 0.6) is 0 Å². The summed E-state index contributed by atoms with van der Waals surface area (Å²) in [7, 11) is 0. The summed E-state index contributed by atoms with van der Waals surface area (Å²) in [6.07, 6.45) is 1.90. The van der Waals surface area contributed by atoms with Gasteiger partial charge in [-0.15, -0.1) is 0 Å². The van der Waals surface area contributed by atoms with Gasteiger partial charge in [-0.3, -0.25) is 14.4 Å². The fraction of sp³-hybridized carbons (Fsp3) is 0.500. The van der Waals surface area contributed by atoms with Crippen LogP contribution in [0.2, 0.25) is 0 Å². The van der Waals surface area contributed by atoms with Crippen molar-refractivity contribution in [3.05, 3.63) is 47.2 Å². The molecule has 7 heteroatoms. The molecule has 1 aromatic carbocycles. The number of hydrogen-bond donors (Lipinski definition) is 0. The van der Waals surface area contributed by atoms with Crippen molar-refractivity contribution in [2.24, 2.45) is 5.92 Å². The molecule has 2 rings (SSSR count). The van der Waals surface area contributed by atoms with E-state index in [2.05, 4.69) is 0 Å². The van der Waals surface area contributed by atoms with Crippen molar-refractivity contribution < 1.29 is 28.6 Å². The quantitative estimate of drug-likeness (QED) is 0.326. The molecule has 0 saturated carbocycles. The van der Waals surface area contributed by atoms with E-state index in [1.165, 1.54) is 13.0 Å². The van der Waals surface area contributed by atoms with Gasteiger partial charge in [0.2, 0.25) is 0 Å². The minimum absolute atomic E-state index is 0.237. The molecular weight excluding hydrogens is 392 g/mol. The summed E-state index contributed by atoms with van der Waals surface area (Å²) in [5, 5.41) is 0. The number of aryl methyl sites for hydroxylation is 1. The lowest BCUT2D eigenvalue weighted by Crippen LogP contribution is -2.34. The molecule has 158 valence electrons. The Kier molecular flexibility index (Phi) is 9.25. The first-order valence-electron chi connectivity index (χ1n) is 9.74. The van der Waals surface area contributed by atoms with Crippen molar-refractivity contribution in [3.63, 3.8) is 0 Å². The second-order valence-electron chi connectivity index (χ2n) is 6.76. The van der Waals surface area contributed by atoms with Crippen LogP contribution in [0.4, 0.5) is 0 Å². The molecular formula is C22H28O6S. The van der Waals surface area contributed by atoms with Crippen LogP contribution in [0.3, 0.4) is 0 Å². The van der Waals surface area contributed by atoms with Crippen LogP contribution >= 0.6 is 11.8 Å². The number of carbonyl (C=O) groups is 3. The lowest BCUT2D eigenvalue weighted by Gasteiger charge is -2.29. The van der Waals surface area contributed by atoms with Gasteiger partial charge in [0.05, 0.1) is 13.2 Å². The number of thioether (sulfide) groups is 1. The summed E-state index contributed by atoms with van der Waals surface area (Å²) in [4.78, 5) is 35.8. The predicted octanol–water partition coefficient (Wildman–Crippen LogP) is 3.43. The lowest BCUT2D eigenvalue weighted by atomic mass is 9.77. The van der Waals surface area contributed by atoms with Crippen LogP contribution in [-0.2, 0) is 28.6 Å². The minimum Gasteiger partial charge on any atom is -0.497 e. The summed E-state index contributed by atoms with van der Waals surface area (Å²) in [6.45, 7) is 6.16. The molecule has 0 amide bonds. The van der Waals surface area contributed by atoms with Crippen molar-refractivity contribution >= 4 is 29.5 Å². The highest BCUT2D eigenvalue weighted by molar-refractivity contribution is 7.99. The molecule has 1 aromatic rings. The average Bonchev–Trinajstić information content (AvgIpc) is 2.67. The van der Waals surface area contributed by atoms with Crippen molar-refractivity contribution in [3.8, 4) is 0 Å². The van der Waals surface area contributed by atoms with E-state index in [4.69, 9.17) is 14.2 Å². The fourth-order valence-corrected chi connectivity index (χ4v) is 3.76. The van der Waals surface area contributed by atoms with Gasteiger partial charge in [-0.2, -0.15) is 11.8 Å². The maximum absolute atomic E-state index is 12.7. The Morgan fingerprint density at radius 2 is 1.79 bits per heavy atom. The number of allylic oxidation sites excluding steroid dienone is 2. The molecule has 0 fully saturated rings. The molecule has 0 aromatic heterocycles. The molecule has 6 nitrogen and oxygen atoms in total. The van der Waals surface area contributed by atoms with Crippen LogP contribution in [-0.4, -0.2) is 49.0 Å². The monoisotopic (exact) mass is 420 g/mol. The van der Waals surface area contributed by atoms with Crippen LogP contribution < -0.4 is 0 Å². The van der Waals surface area contributed by atoms with E-state index in [0.717, 1.165) is 11.1 Å². The van der Waals surface area contributed by atoms with Gasteiger partial charge in [-0.25, -0.2) is 0 Å². The zero-order valence-electron chi connectivity index (χ0n) is 17.1. The van der Waals surface area contributed by atoms with E-state index in [1.807, 2.05) is 31.2 Å². The van der Waals surface area contributed by atoms with E-state index < -0.39 is 11.9 Å². The summed E-state index contributed by atoms with van der Waals surface area (Å²) >= 11 is 1.61. The summed E-state index contributed by atoms with van der Waals surface area (Å²) in [6, 6.07) is 7.85. The Labute approximate surface area is 176 Å². The molecule has 2 atom stereocenters. The molecule has 0 spiro atoms. The molecule has 0 aliphatic heterocycles. The first-order chi connectivity index (χ1) is 13.9. The molecule has 0 heterocycles. The lowest BCUT2D eigenvalue weighted by molar-refractivity contribution is -0.152. The number of esters is 2. The van der Waals surface area contributed by atoms with Gasteiger partial charge < -0.3 is 14.2 Å². The first kappa shape index (κ1) is 23.0. The molecule has 0 radical (unpaired) electrons. The third kappa shape index (κ3) is 7.24. The normalized spacial score (nSPS) is 18.7. The largest absolute Gasteiger partial charge is 0.497 e. The fourth-order valence-electron chi connectivity index (χ4n) is 3.16. The van der Waals surface area contributed by atoms with Crippen LogP contribution in [0.15, 0.2) is 36.1 Å². The average molecular weight is 421 g/mol. The minimum atomic E-state index is -0.844. The Bertz CT molecular complexity index is 740. The van der Waals surface area contributed by atoms with E-state index in [9.17, 15) is 14.4 Å². The predicted molar refractivity (Wildman–Crippen MR) is 112 cm³/mol. The summed E-state index contributed by atoms with van der Waals surface area (Å²) in [5.41, 5.74) is 2.04. The molecule has 29 heavy (non-hydrogen) atoms. The van der Waals surface area contributed by atoms with Gasteiger partial charge in [0.25, 0.3) is 0 Å². The Hall–Kier alpha value is -2.28. The van der Waals surface area contributed by atoms with Crippen molar-refractivity contribution in [2.45, 2.75) is 33.1 Å². The van der Waals surface area contributed by atoms with Crippen molar-refractivity contribution in [1.82, 2.24) is 0 Å². The van der Waals surface area contributed by atoms with Crippen LogP contribution in [0, 0.1) is 12.8 Å². The Morgan fingerprint density at radius 3 is 2.45 bits per heavy atom. The first-order valence-corrected chi connectivity index (χ1v) is 10.9. The highest BCUT2D eigenvalue weighted by atomic mass is 32.2. The zero-order chi connectivity index (χ0) is 21.2. The van der Waals surface area contributed by atoms with Gasteiger partial charge in [0.15, 0.2) is 5.78 Å². The topological polar surface area (TPSA) is 78.9 Å².